The van der Waals surface area contributed by atoms with E-state index >= 15 is 0 Å². The van der Waals surface area contributed by atoms with Crippen LogP contribution in [0, 0.1) is 0 Å². The van der Waals surface area contributed by atoms with Crippen molar-refractivity contribution in [2.75, 3.05) is 38.0 Å². The van der Waals surface area contributed by atoms with Crippen LogP contribution in [0.1, 0.15) is 32.1 Å². The Bertz CT molecular complexity index is 581. The highest BCUT2D eigenvalue weighted by Gasteiger charge is 2.28. The van der Waals surface area contributed by atoms with Crippen LogP contribution in [0.25, 0.3) is 0 Å². The highest BCUT2D eigenvalue weighted by Crippen LogP contribution is 2.25. The summed E-state index contributed by atoms with van der Waals surface area (Å²) in [5.74, 6) is 0.0321. The first kappa shape index (κ1) is 18.0. The van der Waals surface area contributed by atoms with E-state index in [0.29, 0.717) is 22.2 Å². The van der Waals surface area contributed by atoms with Gasteiger partial charge >= 0.3 is 0 Å². The average Bonchev–Trinajstić information content (AvgIpc) is 2.58. The summed E-state index contributed by atoms with van der Waals surface area (Å²) in [7, 11) is 0. The molecule has 132 valence electrons. The van der Waals surface area contributed by atoms with Crippen molar-refractivity contribution in [1.29, 1.82) is 0 Å². The Labute approximate surface area is 154 Å². The SMILES string of the molecule is O=C(CCCN1CCN2CCCCC2C1)Nc1ccc(Cl)c(Cl)c1. The summed E-state index contributed by atoms with van der Waals surface area (Å²) in [6.07, 6.45) is 5.46. The van der Waals surface area contributed by atoms with Crippen molar-refractivity contribution < 1.29 is 4.79 Å². The smallest absolute Gasteiger partial charge is 0.224 e. The Balaban J connectivity index is 1.38. The lowest BCUT2D eigenvalue weighted by Gasteiger charge is -2.44. The first-order chi connectivity index (χ1) is 11.6. The van der Waals surface area contributed by atoms with Gasteiger partial charge in [0, 0.05) is 37.8 Å². The highest BCUT2D eigenvalue weighted by atomic mass is 35.5. The summed E-state index contributed by atoms with van der Waals surface area (Å²) in [6.45, 7) is 5.74. The van der Waals surface area contributed by atoms with Crippen LogP contribution in [-0.4, -0.2) is 54.5 Å². The molecule has 6 heteroatoms. The molecule has 0 saturated carbocycles. The maximum atomic E-state index is 12.1. The molecule has 0 spiro atoms. The lowest BCUT2D eigenvalue weighted by molar-refractivity contribution is -0.116. The Kier molecular flexibility index (Phi) is 6.39. The first-order valence-corrected chi connectivity index (χ1v) is 9.59. The molecule has 2 heterocycles. The molecule has 1 unspecified atom stereocenters. The van der Waals surface area contributed by atoms with Gasteiger partial charge in [-0.25, -0.2) is 0 Å². The Morgan fingerprint density at radius 2 is 2.04 bits per heavy atom. The van der Waals surface area contributed by atoms with Crippen molar-refractivity contribution in [3.8, 4) is 0 Å². The summed E-state index contributed by atoms with van der Waals surface area (Å²) >= 11 is 11.8. The van der Waals surface area contributed by atoms with E-state index in [1.54, 1.807) is 18.2 Å². The molecule has 4 nitrogen and oxygen atoms in total. The van der Waals surface area contributed by atoms with Gasteiger partial charge in [-0.15, -0.1) is 0 Å². The molecule has 3 rings (SSSR count). The van der Waals surface area contributed by atoms with E-state index in [9.17, 15) is 4.79 Å². The monoisotopic (exact) mass is 369 g/mol. The molecule has 1 aromatic carbocycles. The lowest BCUT2D eigenvalue weighted by Crippen LogP contribution is -2.54. The maximum absolute atomic E-state index is 12.1. The minimum Gasteiger partial charge on any atom is -0.326 e. The van der Waals surface area contributed by atoms with Crippen molar-refractivity contribution in [3.05, 3.63) is 28.2 Å². The molecule has 2 aliphatic heterocycles. The van der Waals surface area contributed by atoms with Crippen LogP contribution in [-0.2, 0) is 4.79 Å². The third-order valence-electron chi connectivity index (χ3n) is 5.00. The molecule has 2 saturated heterocycles. The number of halogens is 2. The molecule has 0 aromatic heterocycles. The second kappa shape index (κ2) is 8.52. The summed E-state index contributed by atoms with van der Waals surface area (Å²) < 4.78 is 0. The number of nitrogens with zero attached hydrogens (tertiary/aromatic N) is 2. The molecule has 1 aromatic rings. The Morgan fingerprint density at radius 3 is 2.88 bits per heavy atom. The molecular formula is C18H25Cl2N3O. The standard InChI is InChI=1S/C18H25Cl2N3O/c19-16-7-6-14(12-17(16)20)21-18(24)5-3-8-22-10-11-23-9-2-1-4-15(23)13-22/h6-7,12,15H,1-5,8-11,13H2,(H,21,24). The van der Waals surface area contributed by atoms with Gasteiger partial charge in [0.15, 0.2) is 0 Å². The number of benzene rings is 1. The molecule has 1 atom stereocenters. The molecule has 2 aliphatic rings. The average molecular weight is 370 g/mol. The summed E-state index contributed by atoms with van der Waals surface area (Å²) in [6, 6.07) is 5.89. The molecule has 1 N–H and O–H groups in total. The van der Waals surface area contributed by atoms with Crippen molar-refractivity contribution in [1.82, 2.24) is 9.80 Å². The highest BCUT2D eigenvalue weighted by molar-refractivity contribution is 6.42. The zero-order chi connectivity index (χ0) is 16.9. The van der Waals surface area contributed by atoms with Crippen molar-refractivity contribution in [3.63, 3.8) is 0 Å². The second-order valence-corrected chi connectivity index (χ2v) is 7.58. The van der Waals surface area contributed by atoms with Crippen LogP contribution in [0.3, 0.4) is 0 Å². The molecule has 1 amide bonds. The Hall–Kier alpha value is -0.810. The minimum absolute atomic E-state index is 0.0321. The predicted octanol–water partition coefficient (Wildman–Crippen LogP) is 3.88. The molecule has 0 aliphatic carbocycles. The maximum Gasteiger partial charge on any atom is 0.224 e. The normalized spacial score (nSPS) is 22.2. The van der Waals surface area contributed by atoms with Gasteiger partial charge in [-0.1, -0.05) is 29.6 Å². The van der Waals surface area contributed by atoms with E-state index in [1.807, 2.05) is 0 Å². The minimum atomic E-state index is 0.0321. The van der Waals surface area contributed by atoms with E-state index < -0.39 is 0 Å². The zero-order valence-corrected chi connectivity index (χ0v) is 15.5. The molecule has 0 radical (unpaired) electrons. The van der Waals surface area contributed by atoms with Gasteiger partial charge in [0.05, 0.1) is 10.0 Å². The van der Waals surface area contributed by atoms with Crippen molar-refractivity contribution in [2.45, 2.75) is 38.1 Å². The summed E-state index contributed by atoms with van der Waals surface area (Å²) in [4.78, 5) is 17.2. The number of carbonyl (C=O) groups is 1. The number of hydrogen-bond acceptors (Lipinski definition) is 3. The fraction of sp³-hybridized carbons (Fsp3) is 0.611. The number of fused-ring (bicyclic) bond motifs is 1. The quantitative estimate of drug-likeness (QED) is 0.855. The van der Waals surface area contributed by atoms with Crippen LogP contribution in [0.5, 0.6) is 0 Å². The van der Waals surface area contributed by atoms with Crippen LogP contribution in [0.4, 0.5) is 5.69 Å². The molecular weight excluding hydrogens is 345 g/mol. The van der Waals surface area contributed by atoms with Gasteiger partial charge in [0.25, 0.3) is 0 Å². The van der Waals surface area contributed by atoms with E-state index in [-0.39, 0.29) is 5.91 Å². The van der Waals surface area contributed by atoms with Crippen LogP contribution >= 0.6 is 23.2 Å². The predicted molar refractivity (Wildman–Crippen MR) is 100.0 cm³/mol. The van der Waals surface area contributed by atoms with Crippen LogP contribution in [0.15, 0.2) is 18.2 Å². The summed E-state index contributed by atoms with van der Waals surface area (Å²) in [5.41, 5.74) is 0.699. The van der Waals surface area contributed by atoms with Gasteiger partial charge in [-0.05, 0) is 50.6 Å². The fourth-order valence-corrected chi connectivity index (χ4v) is 3.98. The third-order valence-corrected chi connectivity index (χ3v) is 5.74. The second-order valence-electron chi connectivity index (χ2n) is 6.77. The number of rotatable bonds is 5. The molecule has 0 bridgehead atoms. The number of nitrogens with one attached hydrogen (secondary N) is 1. The lowest BCUT2D eigenvalue weighted by atomic mass is 9.99. The van der Waals surface area contributed by atoms with E-state index in [4.69, 9.17) is 23.2 Å². The summed E-state index contributed by atoms with van der Waals surface area (Å²) in [5, 5.41) is 3.84. The fourth-order valence-electron chi connectivity index (χ4n) is 3.68. The van der Waals surface area contributed by atoms with Crippen molar-refractivity contribution >= 4 is 34.8 Å². The largest absolute Gasteiger partial charge is 0.326 e. The zero-order valence-electron chi connectivity index (χ0n) is 13.9. The van der Waals surface area contributed by atoms with Gasteiger partial charge < -0.3 is 10.2 Å². The number of piperazine rings is 1. The number of amides is 1. The van der Waals surface area contributed by atoms with E-state index in [0.717, 1.165) is 32.1 Å². The molecule has 24 heavy (non-hydrogen) atoms. The topological polar surface area (TPSA) is 35.6 Å². The van der Waals surface area contributed by atoms with E-state index in [2.05, 4.69) is 15.1 Å². The number of piperidine rings is 1. The third kappa shape index (κ3) is 4.85. The molecule has 2 fully saturated rings. The van der Waals surface area contributed by atoms with Crippen molar-refractivity contribution in [2.24, 2.45) is 0 Å². The van der Waals surface area contributed by atoms with Gasteiger partial charge in [0.2, 0.25) is 5.91 Å². The van der Waals surface area contributed by atoms with Crippen LogP contribution in [0.2, 0.25) is 10.0 Å². The van der Waals surface area contributed by atoms with Gasteiger partial charge in [0.1, 0.15) is 0 Å². The number of hydrogen-bond donors (Lipinski definition) is 1. The van der Waals surface area contributed by atoms with Gasteiger partial charge in [-0.2, -0.15) is 0 Å². The van der Waals surface area contributed by atoms with Gasteiger partial charge in [-0.3, -0.25) is 9.69 Å². The number of carbonyl (C=O) groups excluding carboxylic acids is 1. The van der Waals surface area contributed by atoms with Crippen LogP contribution < -0.4 is 5.32 Å². The number of anilines is 1. The Morgan fingerprint density at radius 1 is 1.17 bits per heavy atom. The van der Waals surface area contributed by atoms with E-state index in [1.165, 1.54) is 32.4 Å². The first-order valence-electron chi connectivity index (χ1n) is 8.83.